The van der Waals surface area contributed by atoms with E-state index in [1.54, 1.807) is 12.5 Å². The average Bonchev–Trinajstić information content (AvgIpc) is 3.41. The van der Waals surface area contributed by atoms with Gasteiger partial charge in [-0.05, 0) is 42.0 Å². The molecule has 0 atom stereocenters. The maximum absolute atomic E-state index is 6.13. The van der Waals surface area contributed by atoms with Gasteiger partial charge in [0.25, 0.3) is 0 Å². The number of aromatic nitrogens is 4. The molecular weight excluding hydrogens is 382 g/mol. The smallest absolute Gasteiger partial charge is 0.139 e. The maximum atomic E-state index is 6.13. The van der Waals surface area contributed by atoms with Crippen LogP contribution in [0, 0.1) is 0 Å². The number of nitrogens with one attached hydrogen (secondary N) is 1. The molecule has 142 valence electrons. The van der Waals surface area contributed by atoms with E-state index in [4.69, 9.17) is 16.6 Å². The van der Waals surface area contributed by atoms with Crippen molar-refractivity contribution in [3.8, 4) is 16.9 Å². The van der Waals surface area contributed by atoms with Gasteiger partial charge in [-0.2, -0.15) is 0 Å². The highest BCUT2D eigenvalue weighted by molar-refractivity contribution is 6.30. The van der Waals surface area contributed by atoms with Crippen LogP contribution in [0.1, 0.15) is 5.56 Å². The molecule has 0 fully saturated rings. The summed E-state index contributed by atoms with van der Waals surface area (Å²) in [6, 6.07) is 22.2. The van der Waals surface area contributed by atoms with Crippen LogP contribution in [0.3, 0.4) is 0 Å². The van der Waals surface area contributed by atoms with Gasteiger partial charge in [-0.25, -0.2) is 9.97 Å². The van der Waals surface area contributed by atoms with Crippen molar-refractivity contribution in [2.24, 2.45) is 0 Å². The fourth-order valence-corrected chi connectivity index (χ4v) is 3.61. The quantitative estimate of drug-likeness (QED) is 0.427. The van der Waals surface area contributed by atoms with Gasteiger partial charge in [0.15, 0.2) is 0 Å². The summed E-state index contributed by atoms with van der Waals surface area (Å²) >= 11 is 6.13. The van der Waals surface area contributed by atoms with Gasteiger partial charge in [-0.3, -0.25) is 4.40 Å². The Morgan fingerprint density at radius 3 is 2.62 bits per heavy atom. The molecule has 6 heteroatoms. The molecule has 0 spiro atoms. The zero-order valence-corrected chi connectivity index (χ0v) is 16.3. The number of rotatable bonds is 5. The average molecular weight is 400 g/mol. The molecule has 0 bridgehead atoms. The number of anilines is 1. The largest absolute Gasteiger partial charge is 0.365 e. The maximum Gasteiger partial charge on any atom is 0.139 e. The molecule has 0 saturated heterocycles. The lowest BCUT2D eigenvalue weighted by Crippen LogP contribution is -2.03. The molecule has 0 aliphatic rings. The zero-order chi connectivity index (χ0) is 19.6. The van der Waals surface area contributed by atoms with Crippen molar-refractivity contribution < 1.29 is 0 Å². The Bertz CT molecular complexity index is 1260. The van der Waals surface area contributed by atoms with Crippen molar-refractivity contribution in [2.75, 3.05) is 5.32 Å². The summed E-state index contributed by atoms with van der Waals surface area (Å²) in [7, 11) is 0. The van der Waals surface area contributed by atoms with Gasteiger partial charge in [-0.15, -0.1) is 0 Å². The van der Waals surface area contributed by atoms with E-state index in [1.165, 1.54) is 0 Å². The zero-order valence-electron chi connectivity index (χ0n) is 15.5. The monoisotopic (exact) mass is 399 g/mol. The van der Waals surface area contributed by atoms with Gasteiger partial charge in [0.05, 0.1) is 6.33 Å². The third-order valence-corrected chi connectivity index (χ3v) is 5.06. The second-order valence-electron chi connectivity index (χ2n) is 6.74. The van der Waals surface area contributed by atoms with Gasteiger partial charge in [0, 0.05) is 41.4 Å². The molecule has 0 saturated carbocycles. The first-order chi connectivity index (χ1) is 14.3. The molecule has 3 heterocycles. The molecule has 1 N–H and O–H groups in total. The SMILES string of the molecule is Clc1cccc(CNc2c(-c3ccc(-n4ccnc4)cc3)nc3ccccn23)c1. The molecule has 5 nitrogen and oxygen atoms in total. The number of hydrogen-bond acceptors (Lipinski definition) is 3. The highest BCUT2D eigenvalue weighted by Gasteiger charge is 2.14. The summed E-state index contributed by atoms with van der Waals surface area (Å²) in [5.41, 5.74) is 5.03. The number of pyridine rings is 1. The summed E-state index contributed by atoms with van der Waals surface area (Å²) in [6.07, 6.45) is 7.51. The fourth-order valence-electron chi connectivity index (χ4n) is 3.40. The molecule has 2 aromatic carbocycles. The van der Waals surface area contributed by atoms with Crippen molar-refractivity contribution >= 4 is 23.1 Å². The van der Waals surface area contributed by atoms with Crippen molar-refractivity contribution in [3.05, 3.63) is 102 Å². The van der Waals surface area contributed by atoms with E-state index < -0.39 is 0 Å². The summed E-state index contributed by atoms with van der Waals surface area (Å²) in [4.78, 5) is 8.97. The molecule has 29 heavy (non-hydrogen) atoms. The third-order valence-electron chi connectivity index (χ3n) is 4.82. The molecule has 0 aliphatic heterocycles. The second-order valence-corrected chi connectivity index (χ2v) is 7.17. The minimum absolute atomic E-state index is 0.656. The van der Waals surface area contributed by atoms with Crippen LogP contribution < -0.4 is 5.32 Å². The lowest BCUT2D eigenvalue weighted by Gasteiger charge is -2.10. The molecule has 5 aromatic rings. The standard InChI is InChI=1S/C23H18ClN5/c24-19-5-3-4-17(14-19)15-26-23-22(27-21-6-1-2-12-29(21)23)18-7-9-20(10-8-18)28-13-11-25-16-28/h1-14,16,26H,15H2. The first-order valence-electron chi connectivity index (χ1n) is 9.32. The molecule has 0 aliphatic carbocycles. The summed E-state index contributed by atoms with van der Waals surface area (Å²) in [5.74, 6) is 0.955. The Hall–Kier alpha value is -3.57. The molecule has 0 amide bonds. The second kappa shape index (κ2) is 7.45. The molecular formula is C23H18ClN5. The first-order valence-corrected chi connectivity index (χ1v) is 9.70. The van der Waals surface area contributed by atoms with Crippen LogP contribution in [0.4, 0.5) is 5.82 Å². The number of hydrogen-bond donors (Lipinski definition) is 1. The highest BCUT2D eigenvalue weighted by Crippen LogP contribution is 2.30. The Morgan fingerprint density at radius 2 is 1.83 bits per heavy atom. The fraction of sp³-hybridized carbons (Fsp3) is 0.0435. The van der Waals surface area contributed by atoms with Crippen LogP contribution in [0.25, 0.3) is 22.6 Å². The number of nitrogens with zero attached hydrogens (tertiary/aromatic N) is 4. The van der Waals surface area contributed by atoms with E-state index in [9.17, 15) is 0 Å². The van der Waals surface area contributed by atoms with E-state index in [0.29, 0.717) is 6.54 Å². The molecule has 0 radical (unpaired) electrons. The Kier molecular flexibility index (Phi) is 4.50. The van der Waals surface area contributed by atoms with Gasteiger partial charge in [0.1, 0.15) is 17.2 Å². The topological polar surface area (TPSA) is 47.2 Å². The first kappa shape index (κ1) is 17.5. The lowest BCUT2D eigenvalue weighted by atomic mass is 10.1. The summed E-state index contributed by atoms with van der Waals surface area (Å²) in [5, 5.41) is 4.28. The van der Waals surface area contributed by atoms with Crippen LogP contribution in [0.5, 0.6) is 0 Å². The third kappa shape index (κ3) is 3.48. The Labute approximate surface area is 173 Å². The van der Waals surface area contributed by atoms with Crippen LogP contribution in [0.15, 0.2) is 91.6 Å². The Morgan fingerprint density at radius 1 is 0.931 bits per heavy atom. The predicted octanol–water partition coefficient (Wildman–Crippen LogP) is 5.45. The predicted molar refractivity (Wildman–Crippen MR) is 117 cm³/mol. The van der Waals surface area contributed by atoms with E-state index in [-0.39, 0.29) is 0 Å². The minimum atomic E-state index is 0.656. The van der Waals surface area contributed by atoms with Crippen LogP contribution in [0.2, 0.25) is 5.02 Å². The normalized spacial score (nSPS) is 11.1. The van der Waals surface area contributed by atoms with Crippen molar-refractivity contribution in [1.82, 2.24) is 18.9 Å². The van der Waals surface area contributed by atoms with Crippen molar-refractivity contribution in [2.45, 2.75) is 6.54 Å². The van der Waals surface area contributed by atoms with Crippen molar-refractivity contribution in [1.29, 1.82) is 0 Å². The molecule has 3 aromatic heterocycles. The lowest BCUT2D eigenvalue weighted by molar-refractivity contribution is 1.06. The number of halogens is 1. The van der Waals surface area contributed by atoms with E-state index in [0.717, 1.165) is 39.0 Å². The van der Waals surface area contributed by atoms with Crippen LogP contribution >= 0.6 is 11.6 Å². The number of imidazole rings is 2. The van der Waals surface area contributed by atoms with Crippen LogP contribution in [-0.2, 0) is 6.54 Å². The van der Waals surface area contributed by atoms with Gasteiger partial charge in [-0.1, -0.05) is 41.9 Å². The van der Waals surface area contributed by atoms with Gasteiger partial charge < -0.3 is 9.88 Å². The molecule has 0 unspecified atom stereocenters. The van der Waals surface area contributed by atoms with E-state index in [2.05, 4.69) is 45.0 Å². The van der Waals surface area contributed by atoms with E-state index in [1.807, 2.05) is 53.4 Å². The molecule has 5 rings (SSSR count). The van der Waals surface area contributed by atoms with E-state index >= 15 is 0 Å². The number of benzene rings is 2. The summed E-state index contributed by atoms with van der Waals surface area (Å²) in [6.45, 7) is 0.656. The minimum Gasteiger partial charge on any atom is -0.365 e. The van der Waals surface area contributed by atoms with Gasteiger partial charge >= 0.3 is 0 Å². The summed E-state index contributed by atoms with van der Waals surface area (Å²) < 4.78 is 4.05. The Balaban J connectivity index is 1.52. The van der Waals surface area contributed by atoms with Crippen LogP contribution in [-0.4, -0.2) is 18.9 Å². The van der Waals surface area contributed by atoms with Gasteiger partial charge in [0.2, 0.25) is 0 Å². The number of fused-ring (bicyclic) bond motifs is 1. The highest BCUT2D eigenvalue weighted by atomic mass is 35.5. The van der Waals surface area contributed by atoms with Crippen molar-refractivity contribution in [3.63, 3.8) is 0 Å².